The minimum Gasteiger partial charge on any atom is -0.340 e. The van der Waals surface area contributed by atoms with Crippen LogP contribution in [0.4, 0.5) is 0 Å². The molecule has 2 heterocycles. The molecule has 0 aliphatic carbocycles. The Morgan fingerprint density at radius 2 is 1.72 bits per heavy atom. The maximum atomic E-state index is 13.6. The van der Waals surface area contributed by atoms with Crippen molar-refractivity contribution in [3.8, 4) is 0 Å². The van der Waals surface area contributed by atoms with Gasteiger partial charge >= 0.3 is 0 Å². The van der Waals surface area contributed by atoms with E-state index in [0.717, 1.165) is 37.3 Å². The van der Waals surface area contributed by atoms with E-state index in [4.69, 9.17) is 0 Å². The summed E-state index contributed by atoms with van der Waals surface area (Å²) in [5, 5.41) is 3.25. The number of hydrogen-bond donors (Lipinski definition) is 1. The smallest absolute Gasteiger partial charge is 0.243 e. The first-order chi connectivity index (χ1) is 15.2. The molecule has 0 unspecified atom stereocenters. The first-order valence-electron chi connectivity index (χ1n) is 11.9. The van der Waals surface area contributed by atoms with Crippen LogP contribution in [0.1, 0.15) is 37.8 Å². The van der Waals surface area contributed by atoms with E-state index in [-0.39, 0.29) is 18.9 Å². The van der Waals surface area contributed by atoms with Gasteiger partial charge < -0.3 is 15.1 Å². The Balaban J connectivity index is 1.73. The first-order valence-corrected chi connectivity index (χ1v) is 13.4. The quantitative estimate of drug-likeness (QED) is 0.638. The number of amides is 1. The highest BCUT2D eigenvalue weighted by molar-refractivity contribution is 7.89. The Hall–Kier alpha value is -1.48. The molecule has 1 amide bonds. The highest BCUT2D eigenvalue weighted by Crippen LogP contribution is 2.23. The summed E-state index contributed by atoms with van der Waals surface area (Å²) in [6, 6.07) is 5.30. The second-order valence-corrected chi connectivity index (χ2v) is 11.7. The van der Waals surface area contributed by atoms with Crippen LogP contribution in [-0.4, -0.2) is 87.3 Å². The van der Waals surface area contributed by atoms with E-state index in [1.807, 2.05) is 24.8 Å². The molecule has 3 rings (SSSR count). The van der Waals surface area contributed by atoms with Crippen LogP contribution >= 0.6 is 0 Å². The number of nitrogens with one attached hydrogen (secondary N) is 1. The van der Waals surface area contributed by atoms with Crippen molar-refractivity contribution in [1.82, 2.24) is 19.4 Å². The van der Waals surface area contributed by atoms with Crippen molar-refractivity contribution in [2.24, 2.45) is 11.8 Å². The molecular weight excluding hydrogens is 424 g/mol. The fourth-order valence-electron chi connectivity index (χ4n) is 4.90. The summed E-state index contributed by atoms with van der Waals surface area (Å²) in [4.78, 5) is 17.3. The maximum Gasteiger partial charge on any atom is 0.243 e. The van der Waals surface area contributed by atoms with Gasteiger partial charge in [-0.2, -0.15) is 4.31 Å². The number of hydrogen-bond acceptors (Lipinski definition) is 5. The van der Waals surface area contributed by atoms with Gasteiger partial charge in [-0.25, -0.2) is 8.42 Å². The van der Waals surface area contributed by atoms with Crippen LogP contribution in [0.2, 0.25) is 0 Å². The van der Waals surface area contributed by atoms with E-state index in [9.17, 15) is 13.2 Å². The molecule has 0 bridgehead atoms. The molecule has 2 fully saturated rings. The highest BCUT2D eigenvalue weighted by atomic mass is 32.2. The van der Waals surface area contributed by atoms with Gasteiger partial charge in [0.15, 0.2) is 0 Å². The van der Waals surface area contributed by atoms with Crippen molar-refractivity contribution < 1.29 is 13.2 Å². The second-order valence-electron chi connectivity index (χ2n) is 9.74. The number of piperidine rings is 1. The Bertz CT molecular complexity index is 873. The molecule has 8 heteroatoms. The Labute approximate surface area is 194 Å². The molecule has 0 radical (unpaired) electrons. The number of sulfonamides is 1. The van der Waals surface area contributed by atoms with Crippen LogP contribution in [0.5, 0.6) is 0 Å². The van der Waals surface area contributed by atoms with Crippen molar-refractivity contribution >= 4 is 15.9 Å². The normalized spacial score (nSPS) is 23.0. The van der Waals surface area contributed by atoms with Crippen LogP contribution in [0.3, 0.4) is 0 Å². The van der Waals surface area contributed by atoms with Gasteiger partial charge in [0.05, 0.1) is 4.90 Å². The largest absolute Gasteiger partial charge is 0.340 e. The van der Waals surface area contributed by atoms with Gasteiger partial charge in [0.2, 0.25) is 15.9 Å². The van der Waals surface area contributed by atoms with E-state index in [1.165, 1.54) is 10.7 Å². The van der Waals surface area contributed by atoms with Crippen molar-refractivity contribution in [3.05, 3.63) is 29.3 Å². The van der Waals surface area contributed by atoms with Crippen LogP contribution in [0.25, 0.3) is 0 Å². The average molecular weight is 465 g/mol. The topological polar surface area (TPSA) is 73.0 Å². The van der Waals surface area contributed by atoms with E-state index in [1.54, 1.807) is 12.1 Å². The predicted octanol–water partition coefficient (Wildman–Crippen LogP) is 2.09. The summed E-state index contributed by atoms with van der Waals surface area (Å²) in [7, 11) is -3.67. The van der Waals surface area contributed by atoms with Crippen LogP contribution in [-0.2, 0) is 14.8 Å². The summed E-state index contributed by atoms with van der Waals surface area (Å²) in [6.07, 6.45) is 1.44. The molecule has 2 aliphatic heterocycles. The number of nitrogens with zero attached hydrogens (tertiary/aromatic N) is 3. The monoisotopic (exact) mass is 464 g/mol. The van der Waals surface area contributed by atoms with E-state index < -0.39 is 10.0 Å². The van der Waals surface area contributed by atoms with Gasteiger partial charge in [-0.1, -0.05) is 19.9 Å². The standard InChI is InChI=1S/C24H40N4O3S/c1-19-15-20(2)18-26(17-19)13-14-28(10-7-24(29)27-11-8-25-9-12-27)32(30,31)23-6-5-21(3)22(4)16-23/h5-6,16,19-20,25H,7-15,17-18H2,1-4H3/t19-,20-/m1/s1. The Morgan fingerprint density at radius 1 is 1.06 bits per heavy atom. The lowest BCUT2D eigenvalue weighted by Gasteiger charge is -2.36. The predicted molar refractivity (Wildman–Crippen MR) is 128 cm³/mol. The summed E-state index contributed by atoms with van der Waals surface area (Å²) in [5.41, 5.74) is 2.03. The molecule has 2 atom stereocenters. The maximum absolute atomic E-state index is 13.6. The number of rotatable bonds is 8. The molecule has 32 heavy (non-hydrogen) atoms. The van der Waals surface area contributed by atoms with Gasteiger partial charge in [0.1, 0.15) is 0 Å². The lowest BCUT2D eigenvalue weighted by atomic mass is 9.92. The lowest BCUT2D eigenvalue weighted by Crippen LogP contribution is -2.48. The molecule has 0 spiro atoms. The van der Waals surface area contributed by atoms with Crippen molar-refractivity contribution in [2.75, 3.05) is 58.9 Å². The average Bonchev–Trinajstić information content (AvgIpc) is 2.75. The number of aryl methyl sites for hydroxylation is 2. The molecule has 0 aromatic heterocycles. The third-order valence-corrected chi connectivity index (χ3v) is 8.67. The van der Waals surface area contributed by atoms with Crippen LogP contribution in [0, 0.1) is 25.7 Å². The molecule has 1 aromatic carbocycles. The fourth-order valence-corrected chi connectivity index (χ4v) is 6.41. The van der Waals surface area contributed by atoms with Gasteiger partial charge in [-0.05, 0) is 55.4 Å². The third kappa shape index (κ3) is 6.53. The SMILES string of the molecule is Cc1ccc(S(=O)(=O)N(CCC(=O)N2CCNCC2)CCN2C[C@H](C)C[C@@H](C)C2)cc1C. The van der Waals surface area contributed by atoms with Gasteiger partial charge in [-0.15, -0.1) is 0 Å². The van der Waals surface area contributed by atoms with Crippen molar-refractivity contribution in [3.63, 3.8) is 0 Å². The summed E-state index contributed by atoms with van der Waals surface area (Å²) >= 11 is 0. The van der Waals surface area contributed by atoms with E-state index in [2.05, 4.69) is 24.1 Å². The van der Waals surface area contributed by atoms with Crippen LogP contribution < -0.4 is 5.32 Å². The van der Waals surface area contributed by atoms with Crippen LogP contribution in [0.15, 0.2) is 23.1 Å². The number of piperazine rings is 1. The summed E-state index contributed by atoms with van der Waals surface area (Å²) in [6.45, 7) is 14.7. The highest BCUT2D eigenvalue weighted by Gasteiger charge is 2.28. The first kappa shape index (κ1) is 25.1. The number of likely N-dealkylation sites (tertiary alicyclic amines) is 1. The summed E-state index contributed by atoms with van der Waals surface area (Å²) in [5.74, 6) is 1.28. The van der Waals surface area contributed by atoms with E-state index >= 15 is 0 Å². The molecular formula is C24H40N4O3S. The second kappa shape index (κ2) is 11.1. The summed E-state index contributed by atoms with van der Waals surface area (Å²) < 4.78 is 28.6. The van der Waals surface area contributed by atoms with E-state index in [0.29, 0.717) is 42.9 Å². The molecule has 7 nitrogen and oxygen atoms in total. The molecule has 1 N–H and O–H groups in total. The Kier molecular flexibility index (Phi) is 8.72. The van der Waals surface area contributed by atoms with Gasteiger partial charge in [0, 0.05) is 65.3 Å². The van der Waals surface area contributed by atoms with Gasteiger partial charge in [-0.3, -0.25) is 4.79 Å². The lowest BCUT2D eigenvalue weighted by molar-refractivity contribution is -0.131. The number of carbonyl (C=O) groups excluding carboxylic acids is 1. The molecule has 2 saturated heterocycles. The molecule has 2 aliphatic rings. The molecule has 180 valence electrons. The van der Waals surface area contributed by atoms with Crippen molar-refractivity contribution in [2.45, 2.75) is 45.4 Å². The minimum absolute atomic E-state index is 0.0343. The Morgan fingerprint density at radius 3 is 2.34 bits per heavy atom. The zero-order valence-corrected chi connectivity index (χ0v) is 21.0. The third-order valence-electron chi connectivity index (χ3n) is 6.77. The van der Waals surface area contributed by atoms with Gasteiger partial charge in [0.25, 0.3) is 0 Å². The zero-order chi connectivity index (χ0) is 23.3. The van der Waals surface area contributed by atoms with Crippen molar-refractivity contribution in [1.29, 1.82) is 0 Å². The number of benzene rings is 1. The molecule has 0 saturated carbocycles. The molecule has 1 aromatic rings. The minimum atomic E-state index is -3.67. The number of carbonyl (C=O) groups is 1. The zero-order valence-electron chi connectivity index (χ0n) is 20.1. The fraction of sp³-hybridized carbons (Fsp3) is 0.708.